The van der Waals surface area contributed by atoms with Gasteiger partial charge in [0.15, 0.2) is 41.4 Å². The highest BCUT2D eigenvalue weighted by atomic mass is 16.6. The maximum Gasteiger partial charge on any atom is 0.340 e. The lowest BCUT2D eigenvalue weighted by atomic mass is 9.77. The summed E-state index contributed by atoms with van der Waals surface area (Å²) < 4.78 is 12.1. The van der Waals surface area contributed by atoms with E-state index in [4.69, 9.17) is 99.3 Å². The number of fused-ring (bicyclic) bond motifs is 6. The SMILES string of the molecule is N=C(N)NCCC[C@H](NC(=O)[C@H](CCCNC(=N)N)NC(=O)[C@H](CCCNC(=N)N)NC(=O)[C@H](CCC(N)=O)NC(=O)[C@H](CCCNC(=N)N)NC(=O)[C@H](CCCNC(=N)N)NC(=O)[C@H](CCCCN)NC(=O)[C@H](CCCCN)NC(=O)[C@H](CCCNC(=N)N)NC(=O)CNC(=O)c1ccc2c(c1)C(=O)OC21c2ccc(O)cc2Oc2cc(O)ccc21)C(N)=O. The zero-order chi connectivity index (χ0) is 92.5. The fraction of sp³-hybridized carbons (Fsp3) is 0.513. The maximum atomic E-state index is 15.0. The third kappa shape index (κ3) is 33.9. The van der Waals surface area contributed by atoms with Gasteiger partial charge in [-0.05, 0) is 171 Å². The largest absolute Gasteiger partial charge is 0.508 e. The predicted molar refractivity (Wildman–Crippen MR) is 456 cm³/mol. The molecule has 3 aromatic carbocycles. The van der Waals surface area contributed by atoms with E-state index < -0.39 is 186 Å². The number of carbonyl (C=O) groups is 13. The van der Waals surface area contributed by atoms with Gasteiger partial charge in [0.25, 0.3) is 5.91 Å². The van der Waals surface area contributed by atoms with Crippen LogP contribution in [0.2, 0.25) is 0 Å². The summed E-state index contributed by atoms with van der Waals surface area (Å²) in [5.74, 6) is -15.1. The molecule has 125 heavy (non-hydrogen) atoms. The van der Waals surface area contributed by atoms with Crippen molar-refractivity contribution >= 4 is 113 Å². The summed E-state index contributed by atoms with van der Waals surface area (Å²) in [5, 5.41) is 108. The number of phenolic OH excluding ortho intramolecular Hbond substituents is 2. The van der Waals surface area contributed by atoms with E-state index in [0.717, 1.165) is 0 Å². The summed E-state index contributed by atoms with van der Waals surface area (Å²) in [4.78, 5) is 184. The number of hydrogen-bond acceptors (Lipinski definition) is 25. The molecule has 9 atom stereocenters. The Bertz CT molecular complexity index is 4310. The molecule has 12 amide bonds. The molecule has 2 heterocycles. The zero-order valence-electron chi connectivity index (χ0n) is 69.2. The molecule has 2 aliphatic heterocycles. The second-order valence-corrected chi connectivity index (χ2v) is 29.5. The Balaban J connectivity index is 1.41. The highest BCUT2D eigenvalue weighted by Gasteiger charge is 2.54. The van der Waals surface area contributed by atoms with Crippen molar-refractivity contribution in [3.63, 3.8) is 0 Å². The highest BCUT2D eigenvalue weighted by molar-refractivity contribution is 6.04. The molecule has 0 saturated heterocycles. The van der Waals surface area contributed by atoms with Crippen molar-refractivity contribution in [3.8, 4) is 23.0 Å². The highest BCUT2D eigenvalue weighted by Crippen LogP contribution is 2.57. The van der Waals surface area contributed by atoms with Crippen molar-refractivity contribution < 1.29 is 82.0 Å². The molecule has 2 aliphatic rings. The minimum atomic E-state index is -1.75. The fourth-order valence-electron chi connectivity index (χ4n) is 13.4. The minimum Gasteiger partial charge on any atom is -0.508 e. The summed E-state index contributed by atoms with van der Waals surface area (Å²) in [6.07, 6.45) is -1.06. The number of guanidine groups is 6. The summed E-state index contributed by atoms with van der Waals surface area (Å²) in [7, 11) is 0. The summed E-state index contributed by atoms with van der Waals surface area (Å²) in [5.41, 5.74) is 55.2. The van der Waals surface area contributed by atoms with Crippen molar-refractivity contribution in [2.24, 2.45) is 57.3 Å². The molecule has 0 saturated carbocycles. The molecule has 3 aromatic rings. The number of benzene rings is 3. The van der Waals surface area contributed by atoms with Gasteiger partial charge < -0.3 is 162 Å². The fourth-order valence-corrected chi connectivity index (χ4v) is 13.4. The van der Waals surface area contributed by atoms with Gasteiger partial charge in [-0.15, -0.1) is 0 Å². The van der Waals surface area contributed by atoms with Crippen LogP contribution in [0.3, 0.4) is 0 Å². The van der Waals surface area contributed by atoms with Crippen LogP contribution in [0.5, 0.6) is 23.0 Å². The van der Waals surface area contributed by atoms with Crippen LogP contribution in [-0.4, -0.2) is 236 Å². The first-order valence-corrected chi connectivity index (χ1v) is 40.6. The molecular formula is C76H120N32O17. The second kappa shape index (κ2) is 51.5. The van der Waals surface area contributed by atoms with Gasteiger partial charge in [0, 0.05) is 80.1 Å². The Morgan fingerprint density at radius 2 is 0.640 bits per heavy atom. The predicted octanol–water partition coefficient (Wildman–Crippen LogP) is -7.65. The Kier molecular flexibility index (Phi) is 41.7. The van der Waals surface area contributed by atoms with Gasteiger partial charge in [-0.1, -0.05) is 6.07 Å². The number of rotatable bonds is 56. The number of nitrogens with one attached hydrogen (secondary N) is 22. The lowest BCUT2D eigenvalue weighted by molar-refractivity contribution is -0.136. The van der Waals surface area contributed by atoms with Crippen molar-refractivity contribution in [2.45, 2.75) is 188 Å². The number of amides is 12. The van der Waals surface area contributed by atoms with Crippen molar-refractivity contribution in [2.75, 3.05) is 58.9 Å². The number of carbonyl (C=O) groups excluding carboxylic acids is 13. The quantitative estimate of drug-likeness (QED) is 0.0108. The standard InChI is InChI=1S/C76H120N32O17/c77-27-3-1-11-48(102-61(115)47(14-6-30-94-71(83)84)100-58(112)38-99-60(114)39-19-22-43-42(35-39)69(123)125-76(43)44-23-20-40(109)36-55(44)124-56-37-41(110)21-24-45(56)76)63(117)103-49(12-2-4-28-78)64(118)105-51(16-8-32-96-73(87)88)65(119)106-53(18-10-34-98-75(91)92)67(121)108-54(25-26-57(79)111)68(122)107-52(17-9-33-97-74(89)90)66(120)104-50(15-7-31-95-72(85)86)62(116)101-46(59(80)113)13-5-29-93-70(81)82/h19-24,35-37,46-54,109-110H,1-18,25-34,38,77-78H2,(H2,79,111)(H2,80,113)(H,99,114)(H,100,112)(H,101,116)(H,102,115)(H,103,117)(H,104,120)(H,105,118)(H,106,119)(H,107,122)(H,108,121)(H4,81,82,93)(H4,83,84,94)(H4,85,86,95)(H4,87,88,96)(H4,89,90,97)(H4,91,92,98)/t46-,47-,48-,49-,50-,51-,52-,53-,54-/m0/s1. The molecule has 49 nitrogen and oxygen atoms in total. The van der Waals surface area contributed by atoms with Crippen LogP contribution in [0.1, 0.15) is 166 Å². The average Bonchev–Trinajstić information content (AvgIpc) is 1.57. The molecule has 49 heteroatoms. The van der Waals surface area contributed by atoms with Crippen LogP contribution in [0.15, 0.2) is 54.6 Å². The number of unbranched alkanes of at least 4 members (excludes halogenated alkanes) is 2. The van der Waals surface area contributed by atoms with E-state index >= 15 is 0 Å². The maximum absolute atomic E-state index is 15.0. The molecule has 1 spiro atoms. The third-order valence-electron chi connectivity index (χ3n) is 19.7. The Morgan fingerprint density at radius 1 is 0.352 bits per heavy atom. The zero-order valence-corrected chi connectivity index (χ0v) is 69.2. The number of nitrogens with two attached hydrogens (primary N) is 10. The van der Waals surface area contributed by atoms with Crippen molar-refractivity contribution in [3.05, 3.63) is 82.4 Å². The van der Waals surface area contributed by atoms with Crippen LogP contribution in [0.4, 0.5) is 0 Å². The van der Waals surface area contributed by atoms with Crippen LogP contribution < -0.4 is 147 Å². The van der Waals surface area contributed by atoms with Gasteiger partial charge in [-0.2, -0.15) is 0 Å². The molecule has 0 aliphatic carbocycles. The Labute approximate surface area is 719 Å². The van der Waals surface area contributed by atoms with Crippen LogP contribution >= 0.6 is 0 Å². The molecular weight excluding hydrogens is 1630 g/mol. The number of esters is 1. The molecule has 44 N–H and O–H groups in total. The van der Waals surface area contributed by atoms with Crippen LogP contribution in [0, 0.1) is 32.5 Å². The van der Waals surface area contributed by atoms with E-state index in [9.17, 15) is 72.5 Å². The topological polar surface area (TPSA) is 877 Å². The van der Waals surface area contributed by atoms with Crippen LogP contribution in [-0.2, 0) is 63.1 Å². The first-order chi connectivity index (χ1) is 59.4. The monoisotopic (exact) mass is 1750 g/mol. The molecule has 686 valence electrons. The van der Waals surface area contributed by atoms with Gasteiger partial charge in [0.1, 0.15) is 77.4 Å². The molecule has 0 unspecified atom stereocenters. The van der Waals surface area contributed by atoms with E-state index in [1.807, 2.05) is 0 Å². The lowest BCUT2D eigenvalue weighted by Gasteiger charge is -2.36. The Hall–Kier alpha value is -14.3. The minimum absolute atomic E-state index is 0.00310. The van der Waals surface area contributed by atoms with E-state index in [0.29, 0.717) is 24.0 Å². The van der Waals surface area contributed by atoms with Gasteiger partial charge in [-0.25, -0.2) is 4.79 Å². The molecule has 0 radical (unpaired) electrons. The summed E-state index contributed by atoms with van der Waals surface area (Å²) >= 11 is 0. The van der Waals surface area contributed by atoms with Gasteiger partial charge in [-0.3, -0.25) is 90.0 Å². The van der Waals surface area contributed by atoms with E-state index in [-0.39, 0.29) is 201 Å². The third-order valence-corrected chi connectivity index (χ3v) is 19.7. The number of aromatic hydroxyl groups is 2. The molecule has 5 rings (SSSR count). The normalized spacial score (nSPS) is 14.0. The molecule has 0 fully saturated rings. The number of ether oxygens (including phenoxy) is 2. The number of hydrogen-bond donors (Lipinski definition) is 34. The van der Waals surface area contributed by atoms with E-state index in [2.05, 4.69) is 85.1 Å². The number of primary amides is 2. The molecule has 0 bridgehead atoms. The summed E-state index contributed by atoms with van der Waals surface area (Å²) in [6, 6.07) is -1.29. The first-order valence-electron chi connectivity index (χ1n) is 40.6. The van der Waals surface area contributed by atoms with E-state index in [1.165, 1.54) is 54.6 Å². The summed E-state index contributed by atoms with van der Waals surface area (Å²) in [6.45, 7) is -0.429. The van der Waals surface area contributed by atoms with Gasteiger partial charge in [0.05, 0.1) is 12.1 Å². The van der Waals surface area contributed by atoms with Crippen molar-refractivity contribution in [1.29, 1.82) is 32.5 Å². The van der Waals surface area contributed by atoms with E-state index in [1.54, 1.807) is 0 Å². The number of phenols is 2. The van der Waals surface area contributed by atoms with Gasteiger partial charge >= 0.3 is 5.97 Å². The average molecular weight is 1750 g/mol. The van der Waals surface area contributed by atoms with Crippen molar-refractivity contribution in [1.82, 2.24) is 85.1 Å². The second-order valence-electron chi connectivity index (χ2n) is 29.5. The smallest absolute Gasteiger partial charge is 0.340 e. The van der Waals surface area contributed by atoms with Crippen LogP contribution in [0.25, 0.3) is 0 Å². The molecule has 0 aromatic heterocycles. The Morgan fingerprint density at radius 3 is 0.944 bits per heavy atom. The lowest BCUT2D eigenvalue weighted by Crippen LogP contribution is -2.60. The van der Waals surface area contributed by atoms with Gasteiger partial charge in [0.2, 0.25) is 65.0 Å². The first kappa shape index (κ1) is 101.